The van der Waals surface area contributed by atoms with Gasteiger partial charge in [-0.3, -0.25) is 0 Å². The first kappa shape index (κ1) is 56.5. The molecule has 0 N–H and O–H groups in total. The maximum absolute atomic E-state index is 2.48. The van der Waals surface area contributed by atoms with Gasteiger partial charge in [-0.25, -0.2) is 0 Å². The molecule has 19 rings (SSSR count). The topological polar surface area (TPSA) is 0 Å². The van der Waals surface area contributed by atoms with E-state index in [1.165, 1.54) is 165 Å². The quantitative estimate of drug-likeness (QED) is 0.135. The van der Waals surface area contributed by atoms with Crippen LogP contribution in [0, 0.1) is 0 Å². The van der Waals surface area contributed by atoms with Crippen molar-refractivity contribution in [2.45, 2.75) is 10.8 Å². The van der Waals surface area contributed by atoms with E-state index in [1.807, 2.05) is 0 Å². The lowest BCUT2D eigenvalue weighted by Gasteiger charge is -2.34. The summed E-state index contributed by atoms with van der Waals surface area (Å²) in [6, 6.07) is 143. The van der Waals surface area contributed by atoms with Crippen molar-refractivity contribution in [3.05, 3.63) is 433 Å². The molecule has 0 radical (unpaired) electrons. The summed E-state index contributed by atoms with van der Waals surface area (Å²) in [7, 11) is 0. The van der Waals surface area contributed by atoms with Gasteiger partial charge in [0, 0.05) is 0 Å². The molecule has 17 aromatic rings. The van der Waals surface area contributed by atoms with Crippen LogP contribution < -0.4 is 0 Å². The molecule has 2 aliphatic carbocycles. The normalized spacial score (nSPS) is 13.0. The maximum atomic E-state index is 2.48. The van der Waals surface area contributed by atoms with Crippen molar-refractivity contribution >= 4 is 43.1 Å². The molecule has 0 saturated heterocycles. The van der Waals surface area contributed by atoms with Crippen LogP contribution in [0.5, 0.6) is 0 Å². The Morgan fingerprint density at radius 1 is 0.135 bits per heavy atom. The first-order chi connectivity index (χ1) is 47.6. The molecular formula is C96H64. The minimum atomic E-state index is -0.438. The van der Waals surface area contributed by atoms with E-state index in [2.05, 4.69) is 388 Å². The zero-order chi connectivity index (χ0) is 63.6. The van der Waals surface area contributed by atoms with E-state index in [9.17, 15) is 0 Å². The van der Waals surface area contributed by atoms with Gasteiger partial charge in [0.15, 0.2) is 0 Å². The van der Waals surface area contributed by atoms with Crippen molar-refractivity contribution in [3.8, 4) is 77.9 Å². The predicted octanol–water partition coefficient (Wildman–Crippen LogP) is 25.0. The Morgan fingerprint density at radius 3 is 0.938 bits per heavy atom. The SMILES string of the molecule is c1ccc(-c2ccc3ccc(-c4cc(-c5ccc6c(c5)C(c5ccccc5)(c5ccccc5)c5ccccc5-6)c5ccccc5c4)cc3c2)cc1.c1ccc(C2(c3ccccc3)c3ccccc3-c3ccc(-c4ccc5cc(-c6ccc7ccccc7c6)ccc5c4)cc32)cc1. The van der Waals surface area contributed by atoms with E-state index in [4.69, 9.17) is 0 Å². The molecule has 0 nitrogen and oxygen atoms in total. The molecule has 2 aliphatic rings. The van der Waals surface area contributed by atoms with Gasteiger partial charge in [-0.05, 0) is 220 Å². The van der Waals surface area contributed by atoms with Crippen molar-refractivity contribution in [2.24, 2.45) is 0 Å². The van der Waals surface area contributed by atoms with Crippen molar-refractivity contribution in [1.29, 1.82) is 0 Å². The first-order valence-corrected chi connectivity index (χ1v) is 33.4. The largest absolute Gasteiger partial charge is 0.0713 e. The highest BCUT2D eigenvalue weighted by Crippen LogP contribution is 2.59. The molecule has 0 unspecified atom stereocenters. The van der Waals surface area contributed by atoms with Gasteiger partial charge in [0.1, 0.15) is 0 Å². The summed E-state index contributed by atoms with van der Waals surface area (Å²) in [5.74, 6) is 0. The van der Waals surface area contributed by atoms with Crippen LogP contribution in [0.4, 0.5) is 0 Å². The smallest absolute Gasteiger partial charge is 0.0622 e. The highest BCUT2D eigenvalue weighted by molar-refractivity contribution is 6.03. The third-order valence-corrected chi connectivity index (χ3v) is 20.6. The van der Waals surface area contributed by atoms with Crippen LogP contribution in [0.2, 0.25) is 0 Å². The Kier molecular flexibility index (Phi) is 13.8. The van der Waals surface area contributed by atoms with Gasteiger partial charge in [0.2, 0.25) is 0 Å². The van der Waals surface area contributed by atoms with Crippen molar-refractivity contribution in [3.63, 3.8) is 0 Å². The fourth-order valence-electron chi connectivity index (χ4n) is 16.2. The number of rotatable bonds is 9. The average Bonchev–Trinajstić information content (AvgIpc) is 1.54. The van der Waals surface area contributed by atoms with Crippen LogP contribution in [-0.4, -0.2) is 0 Å². The summed E-state index contributed by atoms with van der Waals surface area (Å²) in [5, 5.41) is 10.0. The Bertz CT molecular complexity index is 5730. The van der Waals surface area contributed by atoms with E-state index in [-0.39, 0.29) is 0 Å². The van der Waals surface area contributed by atoms with Gasteiger partial charge < -0.3 is 0 Å². The van der Waals surface area contributed by atoms with Crippen LogP contribution >= 0.6 is 0 Å². The second kappa shape index (κ2) is 23.4. The van der Waals surface area contributed by atoms with Crippen molar-refractivity contribution < 1.29 is 0 Å². The molecule has 0 bridgehead atoms. The van der Waals surface area contributed by atoms with Gasteiger partial charge in [-0.1, -0.05) is 334 Å². The van der Waals surface area contributed by atoms with Crippen LogP contribution in [-0.2, 0) is 10.8 Å². The molecule has 448 valence electrons. The van der Waals surface area contributed by atoms with E-state index in [0.29, 0.717) is 0 Å². The Labute approximate surface area is 561 Å². The average molecular weight is 1220 g/mol. The van der Waals surface area contributed by atoms with Gasteiger partial charge in [-0.2, -0.15) is 0 Å². The Morgan fingerprint density at radius 2 is 0.438 bits per heavy atom. The molecular weight excluding hydrogens is 1150 g/mol. The zero-order valence-corrected chi connectivity index (χ0v) is 53.0. The minimum Gasteiger partial charge on any atom is -0.0622 e. The molecule has 0 saturated carbocycles. The van der Waals surface area contributed by atoms with E-state index in [1.54, 1.807) is 0 Å². The molecule has 96 heavy (non-hydrogen) atoms. The molecule has 0 aromatic heterocycles. The van der Waals surface area contributed by atoms with Gasteiger partial charge in [0.05, 0.1) is 10.8 Å². The Hall–Kier alpha value is -12.2. The molecule has 0 spiro atoms. The van der Waals surface area contributed by atoms with Crippen LogP contribution in [0.1, 0.15) is 44.5 Å². The number of fused-ring (bicyclic) bond motifs is 10. The van der Waals surface area contributed by atoms with Crippen LogP contribution in [0.3, 0.4) is 0 Å². The number of hydrogen-bond acceptors (Lipinski definition) is 0. The summed E-state index contributed by atoms with van der Waals surface area (Å²) in [6.07, 6.45) is 0. The second-order valence-corrected chi connectivity index (χ2v) is 25.8. The summed E-state index contributed by atoms with van der Waals surface area (Å²) in [4.78, 5) is 0. The molecule has 0 atom stereocenters. The fourth-order valence-corrected chi connectivity index (χ4v) is 16.2. The van der Waals surface area contributed by atoms with Gasteiger partial charge in [-0.15, -0.1) is 0 Å². The van der Waals surface area contributed by atoms with Crippen molar-refractivity contribution in [2.75, 3.05) is 0 Å². The van der Waals surface area contributed by atoms with E-state index < -0.39 is 10.8 Å². The first-order valence-electron chi connectivity index (χ1n) is 33.4. The van der Waals surface area contributed by atoms with Crippen molar-refractivity contribution in [1.82, 2.24) is 0 Å². The number of benzene rings is 17. The second-order valence-electron chi connectivity index (χ2n) is 25.8. The highest BCUT2D eigenvalue weighted by Gasteiger charge is 2.47. The molecule has 0 heteroatoms. The van der Waals surface area contributed by atoms with E-state index >= 15 is 0 Å². The maximum Gasteiger partial charge on any atom is 0.0713 e. The Balaban J connectivity index is 0.000000141. The monoisotopic (exact) mass is 1220 g/mol. The van der Waals surface area contributed by atoms with Crippen LogP contribution in [0.15, 0.2) is 388 Å². The number of hydrogen-bond donors (Lipinski definition) is 0. The molecule has 0 aliphatic heterocycles. The summed E-state index contributed by atoms with van der Waals surface area (Å²) < 4.78 is 0. The summed E-state index contributed by atoms with van der Waals surface area (Å²) in [5.41, 5.74) is 27.2. The zero-order valence-electron chi connectivity index (χ0n) is 53.0. The molecule has 0 amide bonds. The minimum absolute atomic E-state index is 0.393. The summed E-state index contributed by atoms with van der Waals surface area (Å²) >= 11 is 0. The lowest BCUT2D eigenvalue weighted by Crippen LogP contribution is -2.28. The highest BCUT2D eigenvalue weighted by atomic mass is 14.5. The lowest BCUT2D eigenvalue weighted by molar-refractivity contribution is 0.769. The lowest BCUT2D eigenvalue weighted by atomic mass is 9.67. The third kappa shape index (κ3) is 9.36. The summed E-state index contributed by atoms with van der Waals surface area (Å²) in [6.45, 7) is 0. The van der Waals surface area contributed by atoms with Gasteiger partial charge in [0.25, 0.3) is 0 Å². The van der Waals surface area contributed by atoms with Gasteiger partial charge >= 0.3 is 0 Å². The molecule has 17 aromatic carbocycles. The third-order valence-electron chi connectivity index (χ3n) is 20.6. The standard InChI is InChI=1S/C51H34.C45H30/c1-4-14-35(15-5-1)37-26-24-36-25-27-38(31-41(36)30-37)42-32-39-16-10-11-21-45(39)48(33-42)40-28-29-47-46-22-12-13-23-49(46)51(50(47)34-40,43-17-6-2-7-18-43)44-19-8-3-9-20-44;1-3-13-39(14-4-1)45(40-15-5-2-6-16-40)43-18-10-9-17-41(43)42-26-25-38(30-44(42)45)37-24-23-35-28-34(21-22-36(35)29-37)33-20-19-31-11-7-8-12-32(31)27-33/h1-34H;1-30H. The fraction of sp³-hybridized carbons (Fsp3) is 0.0208. The molecule has 0 heterocycles. The molecule has 0 fully saturated rings. The van der Waals surface area contributed by atoms with E-state index in [0.717, 1.165) is 0 Å². The predicted molar refractivity (Wildman–Crippen MR) is 405 cm³/mol. The van der Waals surface area contributed by atoms with Crippen LogP contribution in [0.25, 0.3) is 121 Å².